The third kappa shape index (κ3) is 3.06. The van der Waals surface area contributed by atoms with Crippen LogP contribution in [0.5, 0.6) is 0 Å². The summed E-state index contributed by atoms with van der Waals surface area (Å²) >= 11 is 0. The first-order chi connectivity index (χ1) is 11.5. The number of esters is 1. The number of likely N-dealkylation sites (N-methyl/N-ethyl adjacent to an activating group) is 1. The predicted molar refractivity (Wildman–Crippen MR) is 82.3 cm³/mol. The Morgan fingerprint density at radius 1 is 1.38 bits per heavy atom. The van der Waals surface area contributed by atoms with Crippen molar-refractivity contribution in [1.82, 2.24) is 20.0 Å². The van der Waals surface area contributed by atoms with Crippen molar-refractivity contribution < 1.29 is 23.9 Å². The molecule has 2 fully saturated rings. The topological polar surface area (TPSA) is 104 Å². The van der Waals surface area contributed by atoms with Crippen LogP contribution in [0.3, 0.4) is 0 Å². The number of nitrogens with zero attached hydrogens (tertiary/aromatic N) is 4. The molecule has 2 atom stereocenters. The van der Waals surface area contributed by atoms with E-state index in [1.165, 1.54) is 12.0 Å². The van der Waals surface area contributed by atoms with Gasteiger partial charge in [0.05, 0.1) is 26.9 Å². The Hall–Kier alpha value is -2.20. The summed E-state index contributed by atoms with van der Waals surface area (Å²) in [6.07, 6.45) is -0.632. The maximum atomic E-state index is 12.3. The van der Waals surface area contributed by atoms with E-state index in [1.807, 2.05) is 0 Å². The molecular formula is C14H21N5O5. The summed E-state index contributed by atoms with van der Waals surface area (Å²) in [7, 11) is 2.88. The molecule has 3 amide bonds. The number of imide groups is 1. The lowest BCUT2D eigenvalue weighted by atomic mass is 10.1. The average molecular weight is 339 g/mol. The highest BCUT2D eigenvalue weighted by Crippen LogP contribution is 2.24. The number of amides is 3. The van der Waals surface area contributed by atoms with E-state index in [2.05, 4.69) is 15.2 Å². The number of hydrogen-bond acceptors (Lipinski definition) is 8. The van der Waals surface area contributed by atoms with E-state index in [-0.39, 0.29) is 6.54 Å². The van der Waals surface area contributed by atoms with Crippen LogP contribution < -0.4 is 5.32 Å². The quantitative estimate of drug-likeness (QED) is 0.596. The van der Waals surface area contributed by atoms with Crippen LogP contribution in [0.15, 0.2) is 4.99 Å². The second kappa shape index (κ2) is 6.73. The van der Waals surface area contributed by atoms with Gasteiger partial charge >= 0.3 is 12.0 Å². The highest BCUT2D eigenvalue weighted by Gasteiger charge is 2.49. The van der Waals surface area contributed by atoms with Gasteiger partial charge in [-0.15, -0.1) is 0 Å². The zero-order valence-corrected chi connectivity index (χ0v) is 13.7. The molecule has 0 aromatic heterocycles. The van der Waals surface area contributed by atoms with Crippen molar-refractivity contribution in [2.75, 3.05) is 53.6 Å². The first-order valence-corrected chi connectivity index (χ1v) is 7.79. The number of nitrogens with one attached hydrogen (secondary N) is 1. The number of methoxy groups -OCH3 is 1. The standard InChI is InChI=1S/C14H21N5O5/c1-17-12-11(13(21)16-14(17)22)19(8-10(20)23-2)9(15-12)7-18-3-5-24-6-4-18/h11-12H,3-8H2,1-2H3,(H,16,21,22). The monoisotopic (exact) mass is 339 g/mol. The van der Waals surface area contributed by atoms with E-state index >= 15 is 0 Å². The van der Waals surface area contributed by atoms with Gasteiger partial charge in [0.25, 0.3) is 5.91 Å². The zero-order valence-electron chi connectivity index (χ0n) is 13.7. The number of carbonyl (C=O) groups is 3. The molecule has 10 heteroatoms. The molecule has 2 unspecified atom stereocenters. The number of ether oxygens (including phenoxy) is 2. The largest absolute Gasteiger partial charge is 0.468 e. The van der Waals surface area contributed by atoms with Crippen LogP contribution in [-0.2, 0) is 19.1 Å². The normalized spacial score (nSPS) is 27.7. The minimum Gasteiger partial charge on any atom is -0.468 e. The second-order valence-corrected chi connectivity index (χ2v) is 5.90. The Morgan fingerprint density at radius 3 is 2.75 bits per heavy atom. The molecule has 3 aliphatic heterocycles. The molecule has 0 spiro atoms. The summed E-state index contributed by atoms with van der Waals surface area (Å²) in [5.74, 6) is -0.306. The fourth-order valence-corrected chi connectivity index (χ4v) is 3.07. The van der Waals surface area contributed by atoms with E-state index in [0.717, 1.165) is 13.1 Å². The fraction of sp³-hybridized carbons (Fsp3) is 0.714. The van der Waals surface area contributed by atoms with Gasteiger partial charge in [0, 0.05) is 20.1 Å². The molecule has 0 aromatic carbocycles. The van der Waals surface area contributed by atoms with Crippen LogP contribution >= 0.6 is 0 Å². The molecule has 0 aromatic rings. The minimum atomic E-state index is -0.720. The number of rotatable bonds is 4. The predicted octanol–water partition coefficient (Wildman–Crippen LogP) is -1.92. The van der Waals surface area contributed by atoms with E-state index in [1.54, 1.807) is 11.9 Å². The molecule has 1 N–H and O–H groups in total. The second-order valence-electron chi connectivity index (χ2n) is 5.90. The van der Waals surface area contributed by atoms with Gasteiger partial charge < -0.3 is 19.3 Å². The number of amidine groups is 1. The Bertz CT molecular complexity index is 574. The van der Waals surface area contributed by atoms with Gasteiger partial charge in [0.1, 0.15) is 12.4 Å². The van der Waals surface area contributed by atoms with E-state index in [9.17, 15) is 14.4 Å². The summed E-state index contributed by atoms with van der Waals surface area (Å²) in [5, 5.41) is 2.29. The number of urea groups is 1. The van der Waals surface area contributed by atoms with E-state index < -0.39 is 30.1 Å². The van der Waals surface area contributed by atoms with Gasteiger partial charge in [-0.25, -0.2) is 9.79 Å². The molecular weight excluding hydrogens is 318 g/mol. The number of morpholine rings is 1. The van der Waals surface area contributed by atoms with Crippen molar-refractivity contribution in [2.45, 2.75) is 12.2 Å². The molecule has 3 aliphatic rings. The van der Waals surface area contributed by atoms with Crippen molar-refractivity contribution in [3.8, 4) is 0 Å². The molecule has 2 saturated heterocycles. The number of aliphatic imine (C=N–C) groups is 1. The van der Waals surface area contributed by atoms with Gasteiger partial charge in [-0.05, 0) is 0 Å². The molecule has 10 nitrogen and oxygen atoms in total. The SMILES string of the molecule is COC(=O)CN1C(CN2CCOCC2)=NC2C1C(=O)NC(=O)N2C. The van der Waals surface area contributed by atoms with Crippen LogP contribution in [0.2, 0.25) is 0 Å². The lowest BCUT2D eigenvalue weighted by Gasteiger charge is -2.36. The van der Waals surface area contributed by atoms with Crippen LogP contribution in [-0.4, -0.2) is 104 Å². The third-order valence-corrected chi connectivity index (χ3v) is 4.44. The molecule has 0 radical (unpaired) electrons. The number of fused-ring (bicyclic) bond motifs is 1. The molecule has 0 saturated carbocycles. The Kier molecular flexibility index (Phi) is 4.67. The Morgan fingerprint density at radius 2 is 2.08 bits per heavy atom. The third-order valence-electron chi connectivity index (χ3n) is 4.44. The van der Waals surface area contributed by atoms with Gasteiger partial charge in [-0.3, -0.25) is 19.8 Å². The first-order valence-electron chi connectivity index (χ1n) is 7.79. The fourth-order valence-electron chi connectivity index (χ4n) is 3.07. The zero-order chi connectivity index (χ0) is 17.3. The summed E-state index contributed by atoms with van der Waals surface area (Å²) < 4.78 is 10.1. The molecule has 24 heavy (non-hydrogen) atoms. The van der Waals surface area contributed by atoms with Crippen LogP contribution in [0, 0.1) is 0 Å². The summed E-state index contributed by atoms with van der Waals surface area (Å²) in [5.41, 5.74) is 0. The molecule has 0 aliphatic carbocycles. The van der Waals surface area contributed by atoms with Crippen LogP contribution in [0.4, 0.5) is 4.79 Å². The highest BCUT2D eigenvalue weighted by atomic mass is 16.5. The van der Waals surface area contributed by atoms with E-state index in [4.69, 9.17) is 9.47 Å². The molecule has 3 heterocycles. The van der Waals surface area contributed by atoms with Gasteiger partial charge in [0.2, 0.25) is 0 Å². The number of carbonyl (C=O) groups excluding carboxylic acids is 3. The lowest BCUT2D eigenvalue weighted by Crippen LogP contribution is -2.64. The van der Waals surface area contributed by atoms with Crippen molar-refractivity contribution in [3.63, 3.8) is 0 Å². The van der Waals surface area contributed by atoms with Crippen molar-refractivity contribution in [2.24, 2.45) is 4.99 Å². The van der Waals surface area contributed by atoms with Gasteiger partial charge in [-0.2, -0.15) is 0 Å². The van der Waals surface area contributed by atoms with Crippen molar-refractivity contribution in [1.29, 1.82) is 0 Å². The van der Waals surface area contributed by atoms with Crippen molar-refractivity contribution >= 4 is 23.7 Å². The van der Waals surface area contributed by atoms with Crippen LogP contribution in [0.25, 0.3) is 0 Å². The van der Waals surface area contributed by atoms with Crippen LogP contribution in [0.1, 0.15) is 0 Å². The molecule has 3 rings (SSSR count). The smallest absolute Gasteiger partial charge is 0.325 e. The Balaban J connectivity index is 1.83. The van der Waals surface area contributed by atoms with Gasteiger partial charge in [-0.1, -0.05) is 0 Å². The van der Waals surface area contributed by atoms with Gasteiger partial charge in [0.15, 0.2) is 12.2 Å². The lowest BCUT2D eigenvalue weighted by molar-refractivity contribution is -0.142. The molecule has 0 bridgehead atoms. The Labute approximate surface area is 139 Å². The average Bonchev–Trinajstić information content (AvgIpc) is 2.92. The van der Waals surface area contributed by atoms with Crippen molar-refractivity contribution in [3.05, 3.63) is 0 Å². The number of hydrogen-bond donors (Lipinski definition) is 1. The summed E-state index contributed by atoms with van der Waals surface area (Å²) in [6.45, 7) is 3.17. The van der Waals surface area contributed by atoms with E-state index in [0.29, 0.717) is 25.6 Å². The minimum absolute atomic E-state index is 0.0870. The summed E-state index contributed by atoms with van der Waals surface area (Å²) in [4.78, 5) is 45.6. The maximum absolute atomic E-state index is 12.3. The highest BCUT2D eigenvalue weighted by molar-refractivity contribution is 6.05. The first kappa shape index (κ1) is 16.7. The molecule has 132 valence electrons. The maximum Gasteiger partial charge on any atom is 0.325 e. The summed E-state index contributed by atoms with van der Waals surface area (Å²) in [6, 6.07) is -1.21.